The quantitative estimate of drug-likeness (QED) is 0.785. The molecule has 0 unspecified atom stereocenters. The maximum absolute atomic E-state index is 12.1. The van der Waals surface area contributed by atoms with Crippen LogP contribution in [0.4, 0.5) is 4.79 Å². The number of carbonyl (C=O) groups is 1. The van der Waals surface area contributed by atoms with Crippen molar-refractivity contribution in [2.45, 2.75) is 26.4 Å². The number of hydrogen-bond acceptors (Lipinski definition) is 4. The summed E-state index contributed by atoms with van der Waals surface area (Å²) in [7, 11) is 0. The molecule has 124 valence electrons. The third-order valence-electron chi connectivity index (χ3n) is 3.08. The summed E-state index contributed by atoms with van der Waals surface area (Å²) < 4.78 is 11.0. The first kappa shape index (κ1) is 17.0. The fraction of sp³-hybridized carbons (Fsp3) is 0.412. The molecule has 2 amide bonds. The van der Waals surface area contributed by atoms with E-state index in [-0.39, 0.29) is 12.1 Å². The number of carbonyl (C=O) groups excluding carboxylic acids is 1. The van der Waals surface area contributed by atoms with Crippen molar-refractivity contribution in [1.29, 1.82) is 0 Å². The van der Waals surface area contributed by atoms with Crippen LogP contribution in [0.1, 0.15) is 31.3 Å². The molecule has 6 nitrogen and oxygen atoms in total. The van der Waals surface area contributed by atoms with E-state index >= 15 is 0 Å². The van der Waals surface area contributed by atoms with Gasteiger partial charge in [-0.3, -0.25) is 4.98 Å². The third kappa shape index (κ3) is 6.12. The largest absolute Gasteiger partial charge is 0.467 e. The van der Waals surface area contributed by atoms with Crippen molar-refractivity contribution in [3.63, 3.8) is 0 Å². The number of nitrogens with zero attached hydrogens (tertiary/aromatic N) is 1. The lowest BCUT2D eigenvalue weighted by atomic mass is 10.2. The summed E-state index contributed by atoms with van der Waals surface area (Å²) >= 11 is 0. The maximum atomic E-state index is 12.1. The van der Waals surface area contributed by atoms with Gasteiger partial charge < -0.3 is 19.8 Å². The number of rotatable bonds is 8. The average Bonchev–Trinajstić information content (AvgIpc) is 3.07. The van der Waals surface area contributed by atoms with Gasteiger partial charge in [-0.25, -0.2) is 4.79 Å². The van der Waals surface area contributed by atoms with Crippen LogP contribution in [0.3, 0.4) is 0 Å². The Bertz CT molecular complexity index is 570. The van der Waals surface area contributed by atoms with Crippen molar-refractivity contribution in [2.75, 3.05) is 13.2 Å². The summed E-state index contributed by atoms with van der Waals surface area (Å²) in [5.74, 6) is 1.10. The zero-order valence-corrected chi connectivity index (χ0v) is 13.5. The molecule has 0 saturated heterocycles. The zero-order valence-electron chi connectivity index (χ0n) is 13.5. The second kappa shape index (κ2) is 8.95. The number of furan rings is 1. The van der Waals surface area contributed by atoms with E-state index in [9.17, 15) is 4.79 Å². The monoisotopic (exact) mass is 317 g/mol. The van der Waals surface area contributed by atoms with Gasteiger partial charge in [-0.2, -0.15) is 0 Å². The summed E-state index contributed by atoms with van der Waals surface area (Å²) in [6, 6.07) is 8.57. The Hall–Kier alpha value is -2.34. The van der Waals surface area contributed by atoms with Crippen LogP contribution in [0, 0.1) is 5.92 Å². The van der Waals surface area contributed by atoms with Gasteiger partial charge >= 0.3 is 6.03 Å². The van der Waals surface area contributed by atoms with Crippen LogP contribution in [-0.4, -0.2) is 24.2 Å². The van der Waals surface area contributed by atoms with Crippen molar-refractivity contribution >= 4 is 6.03 Å². The summed E-state index contributed by atoms with van der Waals surface area (Å²) in [6.07, 6.45) is 3.28. The Kier molecular flexibility index (Phi) is 6.62. The van der Waals surface area contributed by atoms with E-state index in [1.54, 1.807) is 18.5 Å². The molecule has 0 saturated carbocycles. The van der Waals surface area contributed by atoms with Gasteiger partial charge in [0.1, 0.15) is 11.8 Å². The second-order valence-electron chi connectivity index (χ2n) is 5.65. The number of aromatic nitrogens is 1. The van der Waals surface area contributed by atoms with Crippen molar-refractivity contribution in [3.05, 3.63) is 54.2 Å². The van der Waals surface area contributed by atoms with E-state index in [2.05, 4.69) is 29.5 Å². The zero-order chi connectivity index (χ0) is 16.5. The van der Waals surface area contributed by atoms with Crippen LogP contribution in [-0.2, 0) is 11.3 Å². The van der Waals surface area contributed by atoms with E-state index in [0.29, 0.717) is 31.4 Å². The molecule has 2 rings (SSSR count). The number of amides is 2. The molecular formula is C17H23N3O3. The Labute approximate surface area is 136 Å². The Balaban J connectivity index is 1.85. The van der Waals surface area contributed by atoms with Gasteiger partial charge in [-0.05, 0) is 30.2 Å². The van der Waals surface area contributed by atoms with E-state index in [1.165, 1.54) is 0 Å². The SMILES string of the molecule is CC(C)COC[C@H](NC(=O)NCc1ccccn1)c1ccco1. The third-order valence-corrected chi connectivity index (χ3v) is 3.08. The van der Waals surface area contributed by atoms with Crippen molar-refractivity contribution in [2.24, 2.45) is 5.92 Å². The molecule has 0 aromatic carbocycles. The fourth-order valence-corrected chi connectivity index (χ4v) is 1.99. The summed E-state index contributed by atoms with van der Waals surface area (Å²) in [6.45, 7) is 5.52. The highest BCUT2D eigenvalue weighted by Gasteiger charge is 2.17. The van der Waals surface area contributed by atoms with E-state index in [0.717, 1.165) is 5.69 Å². The molecule has 0 radical (unpaired) electrons. The molecule has 2 aromatic heterocycles. The lowest BCUT2D eigenvalue weighted by Gasteiger charge is -2.18. The standard InChI is InChI=1S/C17H23N3O3/c1-13(2)11-22-12-15(16-7-5-9-23-16)20-17(21)19-10-14-6-3-4-8-18-14/h3-9,13,15H,10-12H2,1-2H3,(H2,19,20,21)/t15-/m0/s1. The van der Waals surface area contributed by atoms with Crippen LogP contribution in [0.25, 0.3) is 0 Å². The molecule has 0 spiro atoms. The van der Waals surface area contributed by atoms with E-state index in [4.69, 9.17) is 9.15 Å². The second-order valence-corrected chi connectivity index (χ2v) is 5.65. The van der Waals surface area contributed by atoms with Gasteiger partial charge in [0.15, 0.2) is 0 Å². The molecular weight excluding hydrogens is 294 g/mol. The molecule has 2 heterocycles. The van der Waals surface area contributed by atoms with Gasteiger partial charge in [0.05, 0.1) is 25.1 Å². The number of hydrogen-bond donors (Lipinski definition) is 2. The molecule has 6 heteroatoms. The van der Waals surface area contributed by atoms with Crippen LogP contribution in [0.2, 0.25) is 0 Å². The summed E-state index contributed by atoms with van der Waals surface area (Å²) in [5, 5.41) is 5.65. The van der Waals surface area contributed by atoms with Gasteiger partial charge in [-0.15, -0.1) is 0 Å². The van der Waals surface area contributed by atoms with Gasteiger partial charge in [0.25, 0.3) is 0 Å². The first-order valence-corrected chi connectivity index (χ1v) is 7.70. The molecule has 23 heavy (non-hydrogen) atoms. The fourth-order valence-electron chi connectivity index (χ4n) is 1.99. The summed E-state index contributed by atoms with van der Waals surface area (Å²) in [4.78, 5) is 16.2. The minimum absolute atomic E-state index is 0.287. The topological polar surface area (TPSA) is 76.4 Å². The lowest BCUT2D eigenvalue weighted by molar-refractivity contribution is 0.0868. The normalized spacial score (nSPS) is 12.1. The first-order valence-electron chi connectivity index (χ1n) is 7.70. The van der Waals surface area contributed by atoms with Crippen molar-refractivity contribution in [3.8, 4) is 0 Å². The van der Waals surface area contributed by atoms with Crippen LogP contribution < -0.4 is 10.6 Å². The van der Waals surface area contributed by atoms with E-state index < -0.39 is 0 Å². The van der Waals surface area contributed by atoms with Crippen LogP contribution in [0.15, 0.2) is 47.2 Å². The maximum Gasteiger partial charge on any atom is 0.315 e. The molecule has 0 aliphatic carbocycles. The van der Waals surface area contributed by atoms with Crippen LogP contribution in [0.5, 0.6) is 0 Å². The predicted molar refractivity (Wildman–Crippen MR) is 86.7 cm³/mol. The molecule has 0 bridgehead atoms. The van der Waals surface area contributed by atoms with Crippen molar-refractivity contribution < 1.29 is 13.9 Å². The summed E-state index contributed by atoms with van der Waals surface area (Å²) in [5.41, 5.74) is 0.799. The highest BCUT2D eigenvalue weighted by molar-refractivity contribution is 5.74. The number of ether oxygens (including phenoxy) is 1. The molecule has 0 aliphatic rings. The van der Waals surface area contributed by atoms with Crippen molar-refractivity contribution in [1.82, 2.24) is 15.6 Å². The number of pyridine rings is 1. The number of nitrogens with one attached hydrogen (secondary N) is 2. The highest BCUT2D eigenvalue weighted by Crippen LogP contribution is 2.14. The van der Waals surface area contributed by atoms with Crippen LogP contribution >= 0.6 is 0 Å². The number of urea groups is 1. The first-order chi connectivity index (χ1) is 11.1. The molecule has 2 aromatic rings. The predicted octanol–water partition coefficient (Wildman–Crippen LogP) is 2.89. The highest BCUT2D eigenvalue weighted by atomic mass is 16.5. The molecule has 1 atom stereocenters. The molecule has 0 aliphatic heterocycles. The Morgan fingerprint density at radius 1 is 1.26 bits per heavy atom. The smallest absolute Gasteiger partial charge is 0.315 e. The van der Waals surface area contributed by atoms with Gasteiger partial charge in [0, 0.05) is 12.8 Å². The Morgan fingerprint density at radius 2 is 2.13 bits per heavy atom. The van der Waals surface area contributed by atoms with Gasteiger partial charge in [0.2, 0.25) is 0 Å². The minimum Gasteiger partial charge on any atom is -0.467 e. The molecule has 2 N–H and O–H groups in total. The molecule has 0 fully saturated rings. The lowest BCUT2D eigenvalue weighted by Crippen LogP contribution is -2.39. The van der Waals surface area contributed by atoms with Gasteiger partial charge in [-0.1, -0.05) is 19.9 Å². The minimum atomic E-state index is -0.326. The average molecular weight is 317 g/mol. The van der Waals surface area contributed by atoms with E-state index in [1.807, 2.05) is 24.3 Å². The Morgan fingerprint density at radius 3 is 2.78 bits per heavy atom.